The third kappa shape index (κ3) is 3.00. The molecule has 1 unspecified atom stereocenters. The Morgan fingerprint density at radius 3 is 2.60 bits per heavy atom. The summed E-state index contributed by atoms with van der Waals surface area (Å²) in [6, 6.07) is -0.489. The maximum Gasteiger partial charge on any atom is 0.341 e. The highest BCUT2D eigenvalue weighted by molar-refractivity contribution is 5.90. The average molecular weight is 280 g/mol. The predicted octanol–water partition coefficient (Wildman–Crippen LogP) is 2.44. The van der Waals surface area contributed by atoms with Crippen LogP contribution in [0.2, 0.25) is 0 Å². The van der Waals surface area contributed by atoms with E-state index in [-0.39, 0.29) is 23.1 Å². The Balaban J connectivity index is 2.06. The number of carbonyl (C=O) groups is 2. The first-order chi connectivity index (χ1) is 9.50. The smallest absolute Gasteiger partial charge is 0.341 e. The van der Waals surface area contributed by atoms with Crippen molar-refractivity contribution in [3.05, 3.63) is 17.0 Å². The lowest BCUT2D eigenvalue weighted by atomic mass is 9.88. The largest absolute Gasteiger partial charge is 0.477 e. The number of hydrogen-bond donors (Lipinski definition) is 2. The van der Waals surface area contributed by atoms with Gasteiger partial charge in [0, 0.05) is 5.92 Å². The number of aromatic nitrogens is 1. The Kier molecular flexibility index (Phi) is 4.42. The van der Waals surface area contributed by atoms with Gasteiger partial charge in [0.2, 0.25) is 5.91 Å². The molecule has 0 saturated heterocycles. The number of amides is 1. The second-order valence-corrected chi connectivity index (χ2v) is 5.38. The molecule has 110 valence electrons. The molecular weight excluding hydrogens is 260 g/mol. The maximum absolute atomic E-state index is 12.1. The van der Waals surface area contributed by atoms with Crippen molar-refractivity contribution in [2.75, 3.05) is 0 Å². The first-order valence-corrected chi connectivity index (χ1v) is 7.00. The minimum Gasteiger partial charge on any atom is -0.477 e. The van der Waals surface area contributed by atoms with Crippen LogP contribution < -0.4 is 5.32 Å². The van der Waals surface area contributed by atoms with E-state index < -0.39 is 12.0 Å². The van der Waals surface area contributed by atoms with Crippen molar-refractivity contribution < 1.29 is 19.2 Å². The van der Waals surface area contributed by atoms with Crippen molar-refractivity contribution in [1.29, 1.82) is 0 Å². The lowest BCUT2D eigenvalue weighted by Gasteiger charge is -2.22. The normalized spacial score (nSPS) is 17.7. The number of rotatable bonds is 4. The second-order valence-electron chi connectivity index (χ2n) is 5.38. The van der Waals surface area contributed by atoms with Crippen LogP contribution in [0.4, 0.5) is 0 Å². The Morgan fingerprint density at radius 1 is 1.35 bits per heavy atom. The van der Waals surface area contributed by atoms with Gasteiger partial charge in [-0.1, -0.05) is 24.4 Å². The highest BCUT2D eigenvalue weighted by Crippen LogP contribution is 2.26. The van der Waals surface area contributed by atoms with E-state index in [4.69, 9.17) is 9.63 Å². The summed E-state index contributed by atoms with van der Waals surface area (Å²) in [5.74, 6) is -0.872. The summed E-state index contributed by atoms with van der Waals surface area (Å²) >= 11 is 0. The van der Waals surface area contributed by atoms with Crippen LogP contribution in [0.5, 0.6) is 0 Å². The minimum atomic E-state index is -1.09. The van der Waals surface area contributed by atoms with Crippen molar-refractivity contribution in [3.8, 4) is 0 Å². The molecule has 1 fully saturated rings. The van der Waals surface area contributed by atoms with Crippen molar-refractivity contribution in [2.24, 2.45) is 5.92 Å². The van der Waals surface area contributed by atoms with Gasteiger partial charge < -0.3 is 14.9 Å². The van der Waals surface area contributed by atoms with Crippen LogP contribution in [0, 0.1) is 12.8 Å². The van der Waals surface area contributed by atoms with Crippen molar-refractivity contribution >= 4 is 11.9 Å². The number of carbonyl (C=O) groups excluding carboxylic acids is 1. The van der Waals surface area contributed by atoms with Gasteiger partial charge in [0.05, 0.1) is 11.7 Å². The van der Waals surface area contributed by atoms with Crippen molar-refractivity contribution in [2.45, 2.75) is 52.0 Å². The highest BCUT2D eigenvalue weighted by atomic mass is 16.5. The fraction of sp³-hybridized carbons (Fsp3) is 0.643. The number of nitrogens with zero attached hydrogens (tertiary/aromatic N) is 1. The van der Waals surface area contributed by atoms with E-state index in [0.717, 1.165) is 25.7 Å². The Hall–Kier alpha value is -1.85. The highest BCUT2D eigenvalue weighted by Gasteiger charge is 2.28. The fourth-order valence-electron chi connectivity index (χ4n) is 2.70. The Labute approximate surface area is 117 Å². The number of aryl methyl sites for hydroxylation is 1. The van der Waals surface area contributed by atoms with Gasteiger partial charge in [-0.15, -0.1) is 0 Å². The van der Waals surface area contributed by atoms with Crippen LogP contribution >= 0.6 is 0 Å². The molecule has 1 atom stereocenters. The molecule has 0 aromatic carbocycles. The van der Waals surface area contributed by atoms with E-state index in [2.05, 4.69) is 10.5 Å². The summed E-state index contributed by atoms with van der Waals surface area (Å²) in [6.07, 6.45) is 5.14. The molecule has 1 aromatic heterocycles. The zero-order chi connectivity index (χ0) is 14.7. The second kappa shape index (κ2) is 6.07. The quantitative estimate of drug-likeness (QED) is 0.883. The number of aromatic carboxylic acids is 1. The fourth-order valence-corrected chi connectivity index (χ4v) is 2.70. The molecule has 1 aromatic rings. The summed E-state index contributed by atoms with van der Waals surface area (Å²) in [5, 5.41) is 15.7. The molecule has 2 rings (SSSR count). The summed E-state index contributed by atoms with van der Waals surface area (Å²) in [6.45, 7) is 3.29. The summed E-state index contributed by atoms with van der Waals surface area (Å²) in [5.41, 5.74) is 0.368. The van der Waals surface area contributed by atoms with E-state index >= 15 is 0 Å². The van der Waals surface area contributed by atoms with Gasteiger partial charge in [-0.05, 0) is 26.7 Å². The van der Waals surface area contributed by atoms with Crippen LogP contribution in [-0.2, 0) is 4.79 Å². The number of carboxylic acid groups (broad SMARTS) is 1. The number of nitrogens with one attached hydrogen (secondary N) is 1. The molecule has 1 heterocycles. The van der Waals surface area contributed by atoms with Crippen molar-refractivity contribution in [3.63, 3.8) is 0 Å². The standard InChI is InChI=1S/C14H20N2O4/c1-8-11(14(18)19)12(20-16-8)9(2)15-13(17)10-6-4-3-5-7-10/h9-10H,3-7H2,1-2H3,(H,15,17)(H,18,19). The van der Waals surface area contributed by atoms with Gasteiger partial charge in [-0.3, -0.25) is 4.79 Å². The average Bonchev–Trinajstić information content (AvgIpc) is 2.81. The lowest BCUT2D eigenvalue weighted by molar-refractivity contribution is -0.126. The Bertz CT molecular complexity index is 503. The van der Waals surface area contributed by atoms with E-state index in [1.165, 1.54) is 6.42 Å². The van der Waals surface area contributed by atoms with Gasteiger partial charge >= 0.3 is 5.97 Å². The van der Waals surface area contributed by atoms with Crippen LogP contribution in [0.15, 0.2) is 4.52 Å². The molecule has 1 aliphatic carbocycles. The minimum absolute atomic E-state index is 0.0254. The van der Waals surface area contributed by atoms with E-state index in [1.54, 1.807) is 13.8 Å². The molecule has 20 heavy (non-hydrogen) atoms. The van der Waals surface area contributed by atoms with E-state index in [1.807, 2.05) is 0 Å². The molecular formula is C14H20N2O4. The van der Waals surface area contributed by atoms with Gasteiger partial charge in [-0.2, -0.15) is 0 Å². The zero-order valence-corrected chi connectivity index (χ0v) is 11.8. The molecule has 1 aliphatic rings. The monoisotopic (exact) mass is 280 g/mol. The zero-order valence-electron chi connectivity index (χ0n) is 11.8. The lowest BCUT2D eigenvalue weighted by Crippen LogP contribution is -2.34. The molecule has 1 amide bonds. The maximum atomic E-state index is 12.1. The topological polar surface area (TPSA) is 92.4 Å². The third-order valence-corrected chi connectivity index (χ3v) is 3.83. The molecule has 1 saturated carbocycles. The summed E-state index contributed by atoms with van der Waals surface area (Å²) in [4.78, 5) is 23.3. The first-order valence-electron chi connectivity index (χ1n) is 7.00. The summed E-state index contributed by atoms with van der Waals surface area (Å²) in [7, 11) is 0. The molecule has 0 spiro atoms. The van der Waals surface area contributed by atoms with Gasteiger partial charge in [0.1, 0.15) is 5.56 Å². The first kappa shape index (κ1) is 14.6. The van der Waals surface area contributed by atoms with E-state index in [0.29, 0.717) is 5.69 Å². The van der Waals surface area contributed by atoms with Crippen LogP contribution in [0.25, 0.3) is 0 Å². The predicted molar refractivity (Wildman–Crippen MR) is 71.3 cm³/mol. The van der Waals surface area contributed by atoms with Gasteiger partial charge in [-0.25, -0.2) is 4.79 Å². The van der Waals surface area contributed by atoms with Crippen LogP contribution in [0.3, 0.4) is 0 Å². The number of hydrogen-bond acceptors (Lipinski definition) is 4. The van der Waals surface area contributed by atoms with Gasteiger partial charge in [0.25, 0.3) is 0 Å². The van der Waals surface area contributed by atoms with Crippen LogP contribution in [0.1, 0.15) is 66.9 Å². The molecule has 0 aliphatic heterocycles. The molecule has 0 radical (unpaired) electrons. The van der Waals surface area contributed by atoms with Crippen molar-refractivity contribution in [1.82, 2.24) is 10.5 Å². The van der Waals surface area contributed by atoms with E-state index in [9.17, 15) is 9.59 Å². The molecule has 0 bridgehead atoms. The SMILES string of the molecule is Cc1noc(C(C)NC(=O)C2CCCCC2)c1C(=O)O. The number of carboxylic acids is 1. The molecule has 6 nitrogen and oxygen atoms in total. The third-order valence-electron chi connectivity index (χ3n) is 3.83. The summed E-state index contributed by atoms with van der Waals surface area (Å²) < 4.78 is 5.06. The van der Waals surface area contributed by atoms with Gasteiger partial charge in [0.15, 0.2) is 5.76 Å². The molecule has 6 heteroatoms. The van der Waals surface area contributed by atoms with Crippen LogP contribution in [-0.4, -0.2) is 22.1 Å². The molecule has 2 N–H and O–H groups in total. The Morgan fingerprint density at radius 2 is 2.00 bits per heavy atom.